The van der Waals surface area contributed by atoms with Gasteiger partial charge in [0.05, 0.1) is 7.11 Å². The fraction of sp³-hybridized carbons (Fsp3) is 0.250. The Balaban J connectivity index is 1.96. The molecule has 0 amide bonds. The van der Waals surface area contributed by atoms with E-state index in [0.717, 1.165) is 23.3 Å². The lowest BCUT2D eigenvalue weighted by molar-refractivity contribution is 0.0982. The van der Waals surface area contributed by atoms with Crippen LogP contribution in [0, 0.1) is 6.92 Å². The number of ketones is 1. The van der Waals surface area contributed by atoms with Crippen LogP contribution in [0.3, 0.4) is 0 Å². The van der Waals surface area contributed by atoms with Crippen LogP contribution < -0.4 is 4.74 Å². The molecule has 0 fully saturated rings. The lowest BCUT2D eigenvalue weighted by atomic mass is 10.0. The highest BCUT2D eigenvalue weighted by Crippen LogP contribution is 2.14. The maximum Gasteiger partial charge on any atom is 0.164 e. The van der Waals surface area contributed by atoms with E-state index < -0.39 is 0 Å². The minimum Gasteiger partial charge on any atom is -0.497 e. The Morgan fingerprint density at radius 1 is 1.21 bits per heavy atom. The molecule has 0 aliphatic heterocycles. The molecule has 0 unspecified atom stereocenters. The first-order valence-electron chi connectivity index (χ1n) is 6.27. The number of aromatic nitrogens is 1. The lowest BCUT2D eigenvalue weighted by Crippen LogP contribution is -2.02. The van der Waals surface area contributed by atoms with Crippen molar-refractivity contribution in [3.05, 3.63) is 59.4 Å². The minimum atomic E-state index is 0.131. The second-order valence-corrected chi connectivity index (χ2v) is 4.52. The molecule has 2 aromatic rings. The first-order chi connectivity index (χ1) is 9.19. The summed E-state index contributed by atoms with van der Waals surface area (Å²) in [4.78, 5) is 16.1. The van der Waals surface area contributed by atoms with E-state index in [1.165, 1.54) is 0 Å². The molecular formula is C16H17NO2. The number of benzene rings is 1. The number of hydrogen-bond donors (Lipinski definition) is 0. The summed E-state index contributed by atoms with van der Waals surface area (Å²) in [6.07, 6.45) is 4.61. The zero-order valence-corrected chi connectivity index (χ0v) is 11.2. The van der Waals surface area contributed by atoms with E-state index in [1.807, 2.05) is 37.3 Å². The van der Waals surface area contributed by atoms with Crippen LogP contribution in [0.15, 0.2) is 42.7 Å². The molecule has 0 saturated carbocycles. The summed E-state index contributed by atoms with van der Waals surface area (Å²) < 4.78 is 5.10. The van der Waals surface area contributed by atoms with Gasteiger partial charge in [-0.05, 0) is 42.7 Å². The number of Topliss-reactive ketones (excluding diaryl/α,β-unsaturated/α-hetero) is 1. The second-order valence-electron chi connectivity index (χ2n) is 4.52. The summed E-state index contributed by atoms with van der Waals surface area (Å²) in [5, 5.41) is 0. The van der Waals surface area contributed by atoms with Gasteiger partial charge in [0.2, 0.25) is 0 Å². The monoisotopic (exact) mass is 255 g/mol. The molecule has 0 aliphatic carbocycles. The fourth-order valence-corrected chi connectivity index (χ4v) is 1.90. The molecule has 98 valence electrons. The molecule has 0 spiro atoms. The van der Waals surface area contributed by atoms with E-state index in [0.29, 0.717) is 12.0 Å². The summed E-state index contributed by atoms with van der Waals surface area (Å²) in [7, 11) is 1.64. The first kappa shape index (κ1) is 13.3. The van der Waals surface area contributed by atoms with Crippen LogP contribution in [-0.4, -0.2) is 17.9 Å². The fourth-order valence-electron chi connectivity index (χ4n) is 1.90. The quantitative estimate of drug-likeness (QED) is 0.770. The third-order valence-electron chi connectivity index (χ3n) is 3.00. The molecule has 0 saturated heterocycles. The summed E-state index contributed by atoms with van der Waals surface area (Å²) in [5.41, 5.74) is 2.83. The topological polar surface area (TPSA) is 39.2 Å². The molecule has 2 rings (SSSR count). The zero-order valence-electron chi connectivity index (χ0n) is 11.2. The van der Waals surface area contributed by atoms with Crippen molar-refractivity contribution in [1.82, 2.24) is 4.98 Å². The molecule has 1 aromatic heterocycles. The zero-order chi connectivity index (χ0) is 13.7. The number of methoxy groups -OCH3 is 1. The van der Waals surface area contributed by atoms with Gasteiger partial charge in [-0.1, -0.05) is 12.1 Å². The Bertz CT molecular complexity index is 561. The predicted molar refractivity (Wildman–Crippen MR) is 74.6 cm³/mol. The van der Waals surface area contributed by atoms with E-state index >= 15 is 0 Å². The highest BCUT2D eigenvalue weighted by atomic mass is 16.5. The molecule has 0 radical (unpaired) electrons. The van der Waals surface area contributed by atoms with Crippen LogP contribution in [-0.2, 0) is 6.42 Å². The molecule has 0 aliphatic rings. The Morgan fingerprint density at radius 3 is 2.58 bits per heavy atom. The van der Waals surface area contributed by atoms with E-state index in [9.17, 15) is 4.79 Å². The van der Waals surface area contributed by atoms with Crippen LogP contribution in [0.5, 0.6) is 5.75 Å². The first-order valence-corrected chi connectivity index (χ1v) is 6.27. The third kappa shape index (κ3) is 3.65. The van der Waals surface area contributed by atoms with Gasteiger partial charge in [-0.25, -0.2) is 0 Å². The van der Waals surface area contributed by atoms with Crippen molar-refractivity contribution in [2.75, 3.05) is 7.11 Å². The average molecular weight is 255 g/mol. The number of rotatable bonds is 5. The van der Waals surface area contributed by atoms with Crippen molar-refractivity contribution < 1.29 is 9.53 Å². The summed E-state index contributed by atoms with van der Waals surface area (Å²) in [6.45, 7) is 1.94. The van der Waals surface area contributed by atoms with Gasteiger partial charge in [0.15, 0.2) is 5.78 Å². The average Bonchev–Trinajstić information content (AvgIpc) is 2.45. The van der Waals surface area contributed by atoms with Gasteiger partial charge >= 0.3 is 0 Å². The van der Waals surface area contributed by atoms with Gasteiger partial charge in [0.25, 0.3) is 0 Å². The number of hydrogen-bond acceptors (Lipinski definition) is 3. The van der Waals surface area contributed by atoms with Crippen molar-refractivity contribution in [3.63, 3.8) is 0 Å². The molecular weight excluding hydrogens is 238 g/mol. The van der Waals surface area contributed by atoms with Crippen molar-refractivity contribution in [2.45, 2.75) is 19.8 Å². The van der Waals surface area contributed by atoms with Crippen molar-refractivity contribution >= 4 is 5.78 Å². The van der Waals surface area contributed by atoms with Crippen LogP contribution in [0.1, 0.15) is 27.9 Å². The molecule has 3 nitrogen and oxygen atoms in total. The number of aryl methyl sites for hydroxylation is 2. The van der Waals surface area contributed by atoms with E-state index in [-0.39, 0.29) is 5.78 Å². The molecule has 1 heterocycles. The normalized spacial score (nSPS) is 10.2. The minimum absolute atomic E-state index is 0.131. The van der Waals surface area contributed by atoms with Gasteiger partial charge in [0.1, 0.15) is 5.75 Å². The molecule has 0 N–H and O–H groups in total. The summed E-state index contributed by atoms with van der Waals surface area (Å²) in [5.74, 6) is 0.963. The second kappa shape index (κ2) is 6.14. The summed E-state index contributed by atoms with van der Waals surface area (Å²) >= 11 is 0. The standard InChI is InChI=1S/C16H17NO2/c1-12-9-14(11-17-10-12)16(18)8-5-13-3-6-15(19-2)7-4-13/h3-4,6-7,9-11H,5,8H2,1-2H3. The van der Waals surface area contributed by atoms with Crippen molar-refractivity contribution in [2.24, 2.45) is 0 Å². The highest BCUT2D eigenvalue weighted by Gasteiger charge is 2.06. The lowest BCUT2D eigenvalue weighted by Gasteiger charge is -2.04. The van der Waals surface area contributed by atoms with Gasteiger partial charge in [-0.15, -0.1) is 0 Å². The summed E-state index contributed by atoms with van der Waals surface area (Å²) in [6, 6.07) is 9.67. The Morgan fingerprint density at radius 2 is 1.95 bits per heavy atom. The van der Waals surface area contributed by atoms with Crippen molar-refractivity contribution in [1.29, 1.82) is 0 Å². The number of carbonyl (C=O) groups excluding carboxylic acids is 1. The van der Waals surface area contributed by atoms with Gasteiger partial charge in [0, 0.05) is 24.4 Å². The highest BCUT2D eigenvalue weighted by molar-refractivity contribution is 5.96. The smallest absolute Gasteiger partial charge is 0.164 e. The van der Waals surface area contributed by atoms with E-state index in [4.69, 9.17) is 4.74 Å². The third-order valence-corrected chi connectivity index (χ3v) is 3.00. The van der Waals surface area contributed by atoms with E-state index in [1.54, 1.807) is 19.5 Å². The largest absolute Gasteiger partial charge is 0.497 e. The van der Waals surface area contributed by atoms with Gasteiger partial charge in [-0.2, -0.15) is 0 Å². The Kier molecular flexibility index (Phi) is 4.29. The number of ether oxygens (including phenoxy) is 1. The maximum absolute atomic E-state index is 12.0. The van der Waals surface area contributed by atoms with Crippen LogP contribution >= 0.6 is 0 Å². The molecule has 0 atom stereocenters. The number of carbonyl (C=O) groups is 1. The van der Waals surface area contributed by atoms with Gasteiger partial charge < -0.3 is 4.74 Å². The van der Waals surface area contributed by atoms with Gasteiger partial charge in [-0.3, -0.25) is 9.78 Å². The molecule has 3 heteroatoms. The van der Waals surface area contributed by atoms with Crippen LogP contribution in [0.4, 0.5) is 0 Å². The molecule has 1 aromatic carbocycles. The van der Waals surface area contributed by atoms with Crippen LogP contribution in [0.25, 0.3) is 0 Å². The number of nitrogens with zero attached hydrogens (tertiary/aromatic N) is 1. The molecule has 0 bridgehead atoms. The van der Waals surface area contributed by atoms with Crippen molar-refractivity contribution in [3.8, 4) is 5.75 Å². The van der Waals surface area contributed by atoms with E-state index in [2.05, 4.69) is 4.98 Å². The Hall–Kier alpha value is -2.16. The maximum atomic E-state index is 12.0. The SMILES string of the molecule is COc1ccc(CCC(=O)c2cncc(C)c2)cc1. The van der Waals surface area contributed by atoms with Crippen LogP contribution in [0.2, 0.25) is 0 Å². The number of pyridine rings is 1. The predicted octanol–water partition coefficient (Wildman–Crippen LogP) is 3.21. The Labute approximate surface area is 113 Å². The molecule has 19 heavy (non-hydrogen) atoms.